The molecule has 0 aromatic heterocycles. The van der Waals surface area contributed by atoms with Crippen molar-refractivity contribution >= 4 is 72.6 Å². The first-order valence-electron chi connectivity index (χ1n) is 13.6. The Morgan fingerprint density at radius 3 is 1.46 bits per heavy atom. The number of carboxylic acids is 1. The van der Waals surface area contributed by atoms with Crippen LogP contribution in [0.2, 0.25) is 0 Å². The third-order valence-electron chi connectivity index (χ3n) is 6.06. The number of aliphatic hydroxyl groups excluding tert-OH is 3. The van der Waals surface area contributed by atoms with Crippen LogP contribution in [0.5, 0.6) is 0 Å². The number of hydrogen-bond acceptors (Lipinski definition) is 14. The number of nitrogens with one attached hydrogen (secondary N) is 6. The highest BCUT2D eigenvalue weighted by molar-refractivity contribution is 7.80. The molecule has 14 N–H and O–H groups in total. The molecular formula is C24H42N8O12S2. The molecule has 0 aliphatic carbocycles. The van der Waals surface area contributed by atoms with Gasteiger partial charge in [-0.25, -0.2) is 4.79 Å². The molecule has 22 heteroatoms. The predicted molar refractivity (Wildman–Crippen MR) is 165 cm³/mol. The number of amides is 7. The third-order valence-corrected chi connectivity index (χ3v) is 6.79. The molecule has 0 aliphatic rings. The molecule has 7 amide bonds. The van der Waals surface area contributed by atoms with Crippen LogP contribution in [0, 0.1) is 0 Å². The van der Waals surface area contributed by atoms with E-state index >= 15 is 0 Å². The van der Waals surface area contributed by atoms with Crippen molar-refractivity contribution in [2.45, 2.75) is 81.7 Å². The second kappa shape index (κ2) is 20.4. The van der Waals surface area contributed by atoms with E-state index in [2.05, 4.69) is 57.2 Å². The summed E-state index contributed by atoms with van der Waals surface area (Å²) in [5.74, 6) is -9.39. The van der Waals surface area contributed by atoms with Gasteiger partial charge in [0, 0.05) is 11.5 Å². The molecule has 9 unspecified atom stereocenters. The Balaban J connectivity index is 5.68. The van der Waals surface area contributed by atoms with Crippen molar-refractivity contribution in [2.75, 3.05) is 18.1 Å². The third kappa shape index (κ3) is 14.2. The summed E-state index contributed by atoms with van der Waals surface area (Å²) in [6, 6.07) is -10.8. The van der Waals surface area contributed by atoms with E-state index in [-0.39, 0.29) is 11.5 Å². The smallest absolute Gasteiger partial charge is 0.327 e. The van der Waals surface area contributed by atoms with E-state index in [9.17, 15) is 48.6 Å². The summed E-state index contributed by atoms with van der Waals surface area (Å²) in [5.41, 5.74) is 10.6. The first-order chi connectivity index (χ1) is 21.3. The van der Waals surface area contributed by atoms with Crippen LogP contribution in [0.1, 0.15) is 27.2 Å². The molecule has 20 nitrogen and oxygen atoms in total. The molecular weight excluding hydrogens is 656 g/mol. The number of aliphatic hydroxyl groups is 3. The zero-order chi connectivity index (χ0) is 35.9. The van der Waals surface area contributed by atoms with Gasteiger partial charge in [-0.3, -0.25) is 33.6 Å². The van der Waals surface area contributed by atoms with Crippen LogP contribution >= 0.6 is 25.3 Å². The van der Waals surface area contributed by atoms with Gasteiger partial charge in [-0.1, -0.05) is 0 Å². The topological polar surface area (TPSA) is 342 Å². The minimum absolute atomic E-state index is 0.296. The van der Waals surface area contributed by atoms with Crippen LogP contribution in [-0.2, 0) is 38.4 Å². The molecule has 0 rings (SSSR count). The molecule has 0 radical (unpaired) electrons. The SMILES string of the molecule is CC(NC(=O)C(NC(=O)C(CC(N)=O)NC(=O)C(CS)NC(=O)C(N)CO)C(C)O)C(=O)NC(C(=O)NC(CS)C(=O)O)C(C)O. The molecule has 0 heterocycles. The van der Waals surface area contributed by atoms with E-state index < -0.39 is 115 Å². The van der Waals surface area contributed by atoms with E-state index in [4.69, 9.17) is 21.7 Å². The molecule has 0 saturated heterocycles. The molecule has 46 heavy (non-hydrogen) atoms. The second-order valence-corrected chi connectivity index (χ2v) is 10.8. The van der Waals surface area contributed by atoms with Crippen molar-refractivity contribution in [1.82, 2.24) is 31.9 Å². The van der Waals surface area contributed by atoms with Crippen molar-refractivity contribution in [3.63, 3.8) is 0 Å². The zero-order valence-electron chi connectivity index (χ0n) is 25.1. The lowest BCUT2D eigenvalue weighted by molar-refractivity contribution is -0.142. The molecule has 0 aromatic rings. The van der Waals surface area contributed by atoms with Crippen LogP contribution in [0.15, 0.2) is 0 Å². The average Bonchev–Trinajstić information content (AvgIpc) is 2.97. The Morgan fingerprint density at radius 1 is 0.630 bits per heavy atom. The van der Waals surface area contributed by atoms with E-state index in [0.29, 0.717) is 0 Å². The van der Waals surface area contributed by atoms with Gasteiger partial charge >= 0.3 is 5.97 Å². The van der Waals surface area contributed by atoms with Crippen LogP contribution in [0.3, 0.4) is 0 Å². The van der Waals surface area contributed by atoms with Gasteiger partial charge in [0.1, 0.15) is 42.3 Å². The van der Waals surface area contributed by atoms with E-state index in [0.717, 1.165) is 20.8 Å². The maximum atomic E-state index is 13.0. The van der Waals surface area contributed by atoms with E-state index in [1.165, 1.54) is 0 Å². The van der Waals surface area contributed by atoms with Crippen LogP contribution in [0.25, 0.3) is 0 Å². The van der Waals surface area contributed by atoms with Gasteiger partial charge in [-0.15, -0.1) is 0 Å². The highest BCUT2D eigenvalue weighted by atomic mass is 32.1. The minimum Gasteiger partial charge on any atom is -0.480 e. The Bertz CT molecular complexity index is 1130. The van der Waals surface area contributed by atoms with Crippen molar-refractivity contribution in [3.05, 3.63) is 0 Å². The molecule has 9 atom stereocenters. The summed E-state index contributed by atoms with van der Waals surface area (Å²) in [4.78, 5) is 98.6. The fourth-order valence-corrected chi connectivity index (χ4v) is 3.90. The van der Waals surface area contributed by atoms with Gasteiger partial charge in [0.25, 0.3) is 0 Å². The van der Waals surface area contributed by atoms with Crippen LogP contribution < -0.4 is 43.4 Å². The summed E-state index contributed by atoms with van der Waals surface area (Å²) in [6.45, 7) is 2.66. The highest BCUT2D eigenvalue weighted by Gasteiger charge is 2.35. The van der Waals surface area contributed by atoms with Gasteiger partial charge in [-0.2, -0.15) is 25.3 Å². The number of nitrogens with two attached hydrogens (primary N) is 2. The average molecular weight is 699 g/mol. The normalized spacial score (nSPS) is 16.8. The van der Waals surface area contributed by atoms with Gasteiger partial charge in [-0.05, 0) is 20.8 Å². The number of thiol groups is 2. The lowest BCUT2D eigenvalue weighted by Gasteiger charge is -2.27. The van der Waals surface area contributed by atoms with Crippen LogP contribution in [0.4, 0.5) is 0 Å². The maximum Gasteiger partial charge on any atom is 0.327 e. The van der Waals surface area contributed by atoms with Crippen molar-refractivity contribution in [1.29, 1.82) is 0 Å². The van der Waals surface area contributed by atoms with Crippen molar-refractivity contribution in [2.24, 2.45) is 11.5 Å². The first kappa shape index (κ1) is 42.3. The summed E-state index contributed by atoms with van der Waals surface area (Å²) in [7, 11) is 0. The van der Waals surface area contributed by atoms with Gasteiger partial charge in [0.05, 0.1) is 25.2 Å². The molecule has 0 fully saturated rings. The summed E-state index contributed by atoms with van der Waals surface area (Å²) < 4.78 is 0. The Kier molecular flexibility index (Phi) is 18.8. The molecule has 0 saturated carbocycles. The maximum absolute atomic E-state index is 13.0. The molecule has 0 aromatic carbocycles. The number of carbonyl (C=O) groups excluding carboxylic acids is 7. The summed E-state index contributed by atoms with van der Waals surface area (Å²) in [5, 5.41) is 51.2. The number of primary amides is 1. The lowest BCUT2D eigenvalue weighted by atomic mass is 10.1. The van der Waals surface area contributed by atoms with Gasteiger partial charge < -0.3 is 63.8 Å². The number of carboxylic acid groups (broad SMARTS) is 1. The molecule has 262 valence electrons. The van der Waals surface area contributed by atoms with Crippen molar-refractivity contribution in [3.8, 4) is 0 Å². The number of carbonyl (C=O) groups is 8. The quantitative estimate of drug-likeness (QED) is 0.0526. The Labute approximate surface area is 274 Å². The molecule has 0 aliphatic heterocycles. The predicted octanol–water partition coefficient (Wildman–Crippen LogP) is -7.18. The summed E-state index contributed by atoms with van der Waals surface area (Å²) >= 11 is 7.76. The molecule has 0 spiro atoms. The highest BCUT2D eigenvalue weighted by Crippen LogP contribution is 2.03. The largest absolute Gasteiger partial charge is 0.480 e. The minimum atomic E-state index is -1.78. The van der Waals surface area contributed by atoms with Gasteiger partial charge in [0.15, 0.2) is 0 Å². The summed E-state index contributed by atoms with van der Waals surface area (Å²) in [6.07, 6.45) is -3.91. The van der Waals surface area contributed by atoms with Crippen molar-refractivity contribution < 1.29 is 58.8 Å². The van der Waals surface area contributed by atoms with Gasteiger partial charge in [0.2, 0.25) is 41.4 Å². The number of hydrogen-bond donors (Lipinski definition) is 14. The number of aliphatic carboxylic acids is 1. The van der Waals surface area contributed by atoms with Crippen LogP contribution in [-0.4, -0.2) is 140 Å². The first-order valence-corrected chi connectivity index (χ1v) is 14.8. The van der Waals surface area contributed by atoms with E-state index in [1.807, 2.05) is 0 Å². The standard InChI is InChI=1S/C24H42N8O12S2/c1-8(18(37)31-17(10(3)35)23(42)30-14(7-46)24(43)44)27-22(41)16(9(2)34)32-20(39)12(4-15(26)36)28-21(40)13(6-45)29-19(38)11(25)5-33/h8-14,16-17,33-35,45-46H,4-7,25H2,1-3H3,(H2,26,36)(H,27,41)(H,28,40)(H,29,38)(H,30,42)(H,31,37)(H,32,39)(H,43,44). The second-order valence-electron chi connectivity index (χ2n) is 10.0. The molecule has 0 bridgehead atoms. The van der Waals surface area contributed by atoms with E-state index in [1.54, 1.807) is 0 Å². The number of rotatable bonds is 20. The Morgan fingerprint density at radius 2 is 1.04 bits per heavy atom. The monoisotopic (exact) mass is 698 g/mol. The fraction of sp³-hybridized carbons (Fsp3) is 0.667. The Hall–Kier alpha value is -3.70. The zero-order valence-corrected chi connectivity index (χ0v) is 26.9. The fourth-order valence-electron chi connectivity index (χ4n) is 3.40. The lowest BCUT2D eigenvalue weighted by Crippen LogP contribution is -2.62.